The predicted molar refractivity (Wildman–Crippen MR) is 74.4 cm³/mol. The lowest BCUT2D eigenvalue weighted by molar-refractivity contribution is 0.0696. The molecule has 0 amide bonds. The second-order valence-electron chi connectivity index (χ2n) is 3.95. The molecule has 6 heteroatoms. The minimum Gasteiger partial charge on any atom is -0.478 e. The Morgan fingerprint density at radius 3 is 2.63 bits per heavy atom. The number of hydrogen-bond donors (Lipinski definition) is 3. The molecule has 0 unspecified atom stereocenters. The summed E-state index contributed by atoms with van der Waals surface area (Å²) in [6.45, 7) is 0.529. The first-order valence-corrected chi connectivity index (χ1v) is 5.91. The molecular formula is C13H12ClN3O2. The fourth-order valence-corrected chi connectivity index (χ4v) is 1.66. The van der Waals surface area contributed by atoms with Gasteiger partial charge >= 0.3 is 5.97 Å². The molecule has 5 nitrogen and oxygen atoms in total. The van der Waals surface area contributed by atoms with Gasteiger partial charge in [0.1, 0.15) is 5.82 Å². The standard InChI is InChI=1S/C13H12ClN3O2/c14-10-3-1-8(2-4-10)6-16-12-11(15)5-9(7-17-12)13(18)19/h1-5,7H,6,15H2,(H,16,17)(H,18,19). The van der Waals surface area contributed by atoms with E-state index in [1.165, 1.54) is 12.3 Å². The van der Waals surface area contributed by atoms with Crippen molar-refractivity contribution in [1.29, 1.82) is 0 Å². The number of rotatable bonds is 4. The maximum atomic E-state index is 10.7. The first kappa shape index (κ1) is 13.2. The number of benzene rings is 1. The zero-order valence-electron chi connectivity index (χ0n) is 9.93. The van der Waals surface area contributed by atoms with E-state index < -0.39 is 5.97 Å². The van der Waals surface area contributed by atoms with Gasteiger partial charge in [-0.3, -0.25) is 0 Å². The maximum Gasteiger partial charge on any atom is 0.337 e. The highest BCUT2D eigenvalue weighted by Gasteiger charge is 2.07. The van der Waals surface area contributed by atoms with Crippen LogP contribution in [-0.4, -0.2) is 16.1 Å². The van der Waals surface area contributed by atoms with E-state index in [1.807, 2.05) is 12.1 Å². The summed E-state index contributed by atoms with van der Waals surface area (Å²) in [5, 5.41) is 12.5. The van der Waals surface area contributed by atoms with Crippen molar-refractivity contribution < 1.29 is 9.90 Å². The molecule has 0 saturated heterocycles. The summed E-state index contributed by atoms with van der Waals surface area (Å²) >= 11 is 5.79. The summed E-state index contributed by atoms with van der Waals surface area (Å²) in [4.78, 5) is 14.7. The van der Waals surface area contributed by atoms with Crippen molar-refractivity contribution in [2.24, 2.45) is 0 Å². The molecule has 1 aromatic carbocycles. The van der Waals surface area contributed by atoms with Crippen molar-refractivity contribution in [3.05, 3.63) is 52.7 Å². The van der Waals surface area contributed by atoms with E-state index >= 15 is 0 Å². The lowest BCUT2D eigenvalue weighted by Gasteiger charge is -2.09. The van der Waals surface area contributed by atoms with E-state index in [0.717, 1.165) is 5.56 Å². The zero-order valence-corrected chi connectivity index (χ0v) is 10.7. The van der Waals surface area contributed by atoms with Crippen LogP contribution in [0, 0.1) is 0 Å². The van der Waals surface area contributed by atoms with Crippen LogP contribution in [-0.2, 0) is 6.54 Å². The van der Waals surface area contributed by atoms with Crippen molar-refractivity contribution in [3.63, 3.8) is 0 Å². The molecule has 0 aliphatic carbocycles. The highest BCUT2D eigenvalue weighted by Crippen LogP contribution is 2.18. The Hall–Kier alpha value is -2.27. The second-order valence-corrected chi connectivity index (χ2v) is 4.38. The van der Waals surface area contributed by atoms with Gasteiger partial charge in [-0.05, 0) is 23.8 Å². The van der Waals surface area contributed by atoms with Crippen molar-refractivity contribution >= 4 is 29.1 Å². The summed E-state index contributed by atoms with van der Waals surface area (Å²) in [5.74, 6) is -0.594. The summed E-state index contributed by atoms with van der Waals surface area (Å²) < 4.78 is 0. The molecule has 0 aliphatic rings. The van der Waals surface area contributed by atoms with Gasteiger partial charge in [-0.25, -0.2) is 9.78 Å². The van der Waals surface area contributed by atoms with Gasteiger partial charge in [-0.2, -0.15) is 0 Å². The topological polar surface area (TPSA) is 88.2 Å². The quantitative estimate of drug-likeness (QED) is 0.799. The Labute approximate surface area is 115 Å². The molecule has 0 spiro atoms. The van der Waals surface area contributed by atoms with E-state index in [-0.39, 0.29) is 5.56 Å². The van der Waals surface area contributed by atoms with E-state index in [0.29, 0.717) is 23.1 Å². The fourth-order valence-electron chi connectivity index (χ4n) is 1.53. The molecule has 1 aromatic heterocycles. The summed E-state index contributed by atoms with van der Waals surface area (Å²) in [6, 6.07) is 8.74. The smallest absolute Gasteiger partial charge is 0.337 e. The third-order valence-electron chi connectivity index (χ3n) is 2.54. The molecular weight excluding hydrogens is 266 g/mol. The van der Waals surface area contributed by atoms with Gasteiger partial charge < -0.3 is 16.2 Å². The van der Waals surface area contributed by atoms with Crippen LogP contribution < -0.4 is 11.1 Å². The maximum absolute atomic E-state index is 10.7. The third kappa shape index (κ3) is 3.35. The number of nitrogens with one attached hydrogen (secondary N) is 1. The van der Waals surface area contributed by atoms with E-state index in [1.54, 1.807) is 12.1 Å². The van der Waals surface area contributed by atoms with Crippen LogP contribution in [0.2, 0.25) is 5.02 Å². The number of nitrogens with two attached hydrogens (primary N) is 1. The molecule has 0 radical (unpaired) electrons. The highest BCUT2D eigenvalue weighted by atomic mass is 35.5. The van der Waals surface area contributed by atoms with Gasteiger partial charge in [0.15, 0.2) is 0 Å². The van der Waals surface area contributed by atoms with E-state index in [9.17, 15) is 4.79 Å². The first-order valence-electron chi connectivity index (χ1n) is 5.53. The third-order valence-corrected chi connectivity index (χ3v) is 2.79. The number of carboxylic acids is 1. The number of anilines is 2. The summed E-state index contributed by atoms with van der Waals surface area (Å²) in [6.07, 6.45) is 1.27. The second kappa shape index (κ2) is 5.58. The van der Waals surface area contributed by atoms with Gasteiger partial charge in [0, 0.05) is 17.8 Å². The van der Waals surface area contributed by atoms with Crippen LogP contribution in [0.25, 0.3) is 0 Å². The number of carbonyl (C=O) groups is 1. The molecule has 98 valence electrons. The number of aromatic carboxylic acids is 1. The number of carboxylic acid groups (broad SMARTS) is 1. The average molecular weight is 278 g/mol. The summed E-state index contributed by atoms with van der Waals surface area (Å²) in [7, 11) is 0. The minimum absolute atomic E-state index is 0.0644. The van der Waals surface area contributed by atoms with Crippen LogP contribution in [0.4, 0.5) is 11.5 Å². The largest absolute Gasteiger partial charge is 0.478 e. The fraction of sp³-hybridized carbons (Fsp3) is 0.0769. The number of nitrogens with zero attached hydrogens (tertiary/aromatic N) is 1. The molecule has 0 fully saturated rings. The SMILES string of the molecule is Nc1cc(C(=O)O)cnc1NCc1ccc(Cl)cc1. The van der Waals surface area contributed by atoms with Crippen molar-refractivity contribution in [1.82, 2.24) is 4.98 Å². The Balaban J connectivity index is 2.07. The summed E-state index contributed by atoms with van der Waals surface area (Å²) in [5.41, 5.74) is 7.12. The molecule has 2 aromatic rings. The van der Waals surface area contributed by atoms with E-state index in [2.05, 4.69) is 10.3 Å². The minimum atomic E-state index is -1.05. The van der Waals surface area contributed by atoms with Crippen molar-refractivity contribution in [2.45, 2.75) is 6.54 Å². The van der Waals surface area contributed by atoms with Gasteiger partial charge in [-0.1, -0.05) is 23.7 Å². The predicted octanol–water partition coefficient (Wildman–Crippen LogP) is 2.63. The Morgan fingerprint density at radius 2 is 2.05 bits per heavy atom. The van der Waals surface area contributed by atoms with Crippen LogP contribution in [0.5, 0.6) is 0 Å². The number of pyridine rings is 1. The van der Waals surface area contributed by atoms with Crippen LogP contribution in [0.3, 0.4) is 0 Å². The van der Waals surface area contributed by atoms with Gasteiger partial charge in [0.2, 0.25) is 0 Å². The molecule has 19 heavy (non-hydrogen) atoms. The Morgan fingerprint density at radius 1 is 1.37 bits per heavy atom. The van der Waals surface area contributed by atoms with Crippen LogP contribution in [0.15, 0.2) is 36.5 Å². The monoisotopic (exact) mass is 277 g/mol. The highest BCUT2D eigenvalue weighted by molar-refractivity contribution is 6.30. The molecule has 0 aliphatic heterocycles. The Bertz CT molecular complexity index is 599. The number of halogens is 1. The zero-order chi connectivity index (χ0) is 13.8. The molecule has 1 heterocycles. The van der Waals surface area contributed by atoms with Crippen molar-refractivity contribution in [2.75, 3.05) is 11.1 Å². The molecule has 0 bridgehead atoms. The molecule has 0 saturated carbocycles. The first-order chi connectivity index (χ1) is 9.06. The number of aromatic nitrogens is 1. The Kier molecular flexibility index (Phi) is 3.87. The van der Waals surface area contributed by atoms with E-state index in [4.69, 9.17) is 22.4 Å². The normalized spacial score (nSPS) is 10.2. The number of hydrogen-bond acceptors (Lipinski definition) is 4. The van der Waals surface area contributed by atoms with Crippen LogP contribution >= 0.6 is 11.6 Å². The molecule has 2 rings (SSSR count). The molecule has 4 N–H and O–H groups in total. The lowest BCUT2D eigenvalue weighted by atomic mass is 10.2. The van der Waals surface area contributed by atoms with Gasteiger partial charge in [0.05, 0.1) is 11.3 Å². The molecule has 0 atom stereocenters. The van der Waals surface area contributed by atoms with Gasteiger partial charge in [-0.15, -0.1) is 0 Å². The average Bonchev–Trinajstić information content (AvgIpc) is 2.39. The lowest BCUT2D eigenvalue weighted by Crippen LogP contribution is -2.07. The van der Waals surface area contributed by atoms with Gasteiger partial charge in [0.25, 0.3) is 0 Å². The van der Waals surface area contributed by atoms with Crippen LogP contribution in [0.1, 0.15) is 15.9 Å². The number of nitrogen functional groups attached to an aromatic ring is 1. The van der Waals surface area contributed by atoms with Crippen molar-refractivity contribution in [3.8, 4) is 0 Å².